The minimum absolute atomic E-state index is 0.136. The lowest BCUT2D eigenvalue weighted by Crippen LogP contribution is -2.20. The molecule has 0 fully saturated rings. The Kier molecular flexibility index (Phi) is 3.74. The highest BCUT2D eigenvalue weighted by molar-refractivity contribution is 5.74. The fraction of sp³-hybridized carbons (Fsp3) is 0.231. The van der Waals surface area contributed by atoms with Crippen LogP contribution in [0.1, 0.15) is 23.6 Å². The molecule has 0 unspecified atom stereocenters. The Bertz CT molecular complexity index is 521. The van der Waals surface area contributed by atoms with E-state index >= 15 is 0 Å². The zero-order valence-electron chi connectivity index (χ0n) is 9.99. The van der Waals surface area contributed by atoms with Crippen LogP contribution in [0.4, 0.5) is 0 Å². The maximum atomic E-state index is 10.8. The second-order valence-electron chi connectivity index (χ2n) is 4.23. The predicted molar refractivity (Wildman–Crippen MR) is 68.5 cm³/mol. The maximum Gasteiger partial charge on any atom is 0.219 e. The van der Waals surface area contributed by atoms with E-state index < -0.39 is 5.91 Å². The Labute approximate surface area is 105 Å². The van der Waals surface area contributed by atoms with Crippen LogP contribution >= 0.6 is 0 Å². The fourth-order valence-electron chi connectivity index (χ4n) is 1.76. The second-order valence-corrected chi connectivity index (χ2v) is 4.23. The number of rotatable bonds is 5. The summed E-state index contributed by atoms with van der Waals surface area (Å²) in [6.45, 7) is 0.685. The molecule has 0 spiro atoms. The number of nitrogens with two attached hydrogens (primary N) is 2. The van der Waals surface area contributed by atoms with E-state index in [0.717, 1.165) is 11.1 Å². The van der Waals surface area contributed by atoms with E-state index in [2.05, 4.69) is 5.10 Å². The molecule has 1 heterocycles. The predicted octanol–water partition coefficient (Wildman–Crippen LogP) is 0.807. The Balaban J connectivity index is 2.04. The van der Waals surface area contributed by atoms with Gasteiger partial charge >= 0.3 is 0 Å². The number of carbonyl (C=O) groups is 1. The van der Waals surface area contributed by atoms with Crippen molar-refractivity contribution < 1.29 is 4.79 Å². The summed E-state index contributed by atoms with van der Waals surface area (Å²) in [6.07, 6.45) is 3.66. The number of nitrogens with zero attached hydrogens (tertiary/aromatic N) is 2. The topological polar surface area (TPSA) is 86.9 Å². The first-order valence-electron chi connectivity index (χ1n) is 5.75. The third-order valence-electron chi connectivity index (χ3n) is 2.69. The van der Waals surface area contributed by atoms with Gasteiger partial charge in [-0.2, -0.15) is 5.10 Å². The number of hydrogen-bond acceptors (Lipinski definition) is 3. The molecule has 18 heavy (non-hydrogen) atoms. The highest BCUT2D eigenvalue weighted by atomic mass is 16.1. The van der Waals surface area contributed by atoms with Gasteiger partial charge in [0.05, 0.1) is 12.7 Å². The van der Waals surface area contributed by atoms with Gasteiger partial charge in [0.25, 0.3) is 0 Å². The number of aromatic nitrogens is 2. The molecule has 0 saturated heterocycles. The molecule has 1 aromatic carbocycles. The smallest absolute Gasteiger partial charge is 0.219 e. The summed E-state index contributed by atoms with van der Waals surface area (Å²) in [5.74, 6) is -0.404. The Morgan fingerprint density at radius 2 is 2.06 bits per heavy atom. The van der Waals surface area contributed by atoms with Crippen LogP contribution in [0.25, 0.3) is 0 Å². The first-order chi connectivity index (χ1) is 8.65. The number of benzene rings is 1. The molecule has 1 atom stereocenters. The number of primary amides is 1. The summed E-state index contributed by atoms with van der Waals surface area (Å²) in [5, 5.41) is 4.22. The van der Waals surface area contributed by atoms with Crippen molar-refractivity contribution in [2.24, 2.45) is 11.5 Å². The molecule has 1 amide bonds. The number of hydrogen-bond donors (Lipinski definition) is 2. The van der Waals surface area contributed by atoms with Gasteiger partial charge in [-0.25, -0.2) is 0 Å². The quantitative estimate of drug-likeness (QED) is 0.815. The van der Waals surface area contributed by atoms with Crippen molar-refractivity contribution in [2.45, 2.75) is 19.0 Å². The van der Waals surface area contributed by atoms with Crippen LogP contribution in [0.15, 0.2) is 42.7 Å². The first-order valence-corrected chi connectivity index (χ1v) is 5.75. The van der Waals surface area contributed by atoms with E-state index in [1.165, 1.54) is 0 Å². The summed E-state index contributed by atoms with van der Waals surface area (Å²) in [4.78, 5) is 10.8. The van der Waals surface area contributed by atoms with Crippen LogP contribution in [-0.4, -0.2) is 15.7 Å². The molecule has 1 aromatic heterocycles. The standard InChI is InChI=1S/C13H16N4O/c14-12(6-13(15)18)11-7-16-17(9-11)8-10-4-2-1-3-5-10/h1-5,7,9,12H,6,8,14H2,(H2,15,18)/t12-/m1/s1. The van der Waals surface area contributed by atoms with Crippen molar-refractivity contribution in [1.29, 1.82) is 0 Å². The van der Waals surface area contributed by atoms with Crippen molar-refractivity contribution in [3.05, 3.63) is 53.9 Å². The third-order valence-corrected chi connectivity index (χ3v) is 2.69. The SMILES string of the molecule is NC(=O)C[C@@H](N)c1cnn(Cc2ccccc2)c1. The molecule has 0 saturated carbocycles. The van der Waals surface area contributed by atoms with Gasteiger partial charge in [0.2, 0.25) is 5.91 Å². The first kappa shape index (κ1) is 12.3. The Morgan fingerprint density at radius 3 is 2.72 bits per heavy atom. The average molecular weight is 244 g/mol. The van der Waals surface area contributed by atoms with Crippen molar-refractivity contribution in [3.63, 3.8) is 0 Å². The van der Waals surface area contributed by atoms with Crippen molar-refractivity contribution in [3.8, 4) is 0 Å². The number of carbonyl (C=O) groups excluding carboxylic acids is 1. The van der Waals surface area contributed by atoms with Crippen LogP contribution in [-0.2, 0) is 11.3 Å². The molecule has 0 aliphatic heterocycles. The van der Waals surface area contributed by atoms with Gasteiger partial charge in [0.1, 0.15) is 0 Å². The molecule has 2 rings (SSSR count). The molecule has 2 aromatic rings. The lowest BCUT2D eigenvalue weighted by Gasteiger charge is -2.05. The van der Waals surface area contributed by atoms with E-state index in [4.69, 9.17) is 11.5 Å². The molecule has 0 aliphatic carbocycles. The molecular weight excluding hydrogens is 228 g/mol. The van der Waals surface area contributed by atoms with Gasteiger partial charge in [0, 0.05) is 24.2 Å². The summed E-state index contributed by atoms with van der Waals surface area (Å²) >= 11 is 0. The van der Waals surface area contributed by atoms with E-state index in [-0.39, 0.29) is 12.5 Å². The summed E-state index contributed by atoms with van der Waals surface area (Å²) < 4.78 is 1.80. The molecule has 94 valence electrons. The van der Waals surface area contributed by atoms with Crippen molar-refractivity contribution in [2.75, 3.05) is 0 Å². The highest BCUT2D eigenvalue weighted by Gasteiger charge is 2.11. The Morgan fingerprint density at radius 1 is 1.33 bits per heavy atom. The zero-order valence-corrected chi connectivity index (χ0v) is 9.99. The van der Waals surface area contributed by atoms with Crippen LogP contribution in [0, 0.1) is 0 Å². The third kappa shape index (κ3) is 3.18. The van der Waals surface area contributed by atoms with Crippen LogP contribution in [0.3, 0.4) is 0 Å². The summed E-state index contributed by atoms with van der Waals surface area (Å²) in [6, 6.07) is 9.62. The highest BCUT2D eigenvalue weighted by Crippen LogP contribution is 2.13. The van der Waals surface area contributed by atoms with Gasteiger partial charge in [-0.15, -0.1) is 0 Å². The van der Waals surface area contributed by atoms with Crippen molar-refractivity contribution in [1.82, 2.24) is 9.78 Å². The molecule has 5 nitrogen and oxygen atoms in total. The molecule has 0 radical (unpaired) electrons. The number of amides is 1. The monoisotopic (exact) mass is 244 g/mol. The summed E-state index contributed by atoms with van der Waals surface area (Å²) in [7, 11) is 0. The largest absolute Gasteiger partial charge is 0.370 e. The van der Waals surface area contributed by atoms with E-state index in [1.807, 2.05) is 36.5 Å². The van der Waals surface area contributed by atoms with Crippen molar-refractivity contribution >= 4 is 5.91 Å². The molecule has 4 N–H and O–H groups in total. The lowest BCUT2D eigenvalue weighted by molar-refractivity contribution is -0.118. The van der Waals surface area contributed by atoms with Gasteiger partial charge in [0.15, 0.2) is 0 Å². The average Bonchev–Trinajstić information content (AvgIpc) is 2.78. The van der Waals surface area contributed by atoms with Crippen LogP contribution in [0.5, 0.6) is 0 Å². The minimum atomic E-state index is -0.404. The minimum Gasteiger partial charge on any atom is -0.370 e. The van der Waals surface area contributed by atoms with Gasteiger partial charge in [-0.1, -0.05) is 30.3 Å². The van der Waals surface area contributed by atoms with E-state index in [9.17, 15) is 4.79 Å². The van der Waals surface area contributed by atoms with Gasteiger partial charge in [-0.3, -0.25) is 9.48 Å². The lowest BCUT2D eigenvalue weighted by atomic mass is 10.1. The molecule has 0 bridgehead atoms. The summed E-state index contributed by atoms with van der Waals surface area (Å²) in [5.41, 5.74) is 12.9. The molecule has 0 aliphatic rings. The van der Waals surface area contributed by atoms with Gasteiger partial charge < -0.3 is 11.5 Å². The maximum absolute atomic E-state index is 10.8. The van der Waals surface area contributed by atoms with E-state index in [1.54, 1.807) is 10.9 Å². The second kappa shape index (κ2) is 5.46. The molecular formula is C13H16N4O. The Hall–Kier alpha value is -2.14. The van der Waals surface area contributed by atoms with Gasteiger partial charge in [-0.05, 0) is 5.56 Å². The van der Waals surface area contributed by atoms with Crippen LogP contribution < -0.4 is 11.5 Å². The van der Waals surface area contributed by atoms with E-state index in [0.29, 0.717) is 6.54 Å². The normalized spacial score (nSPS) is 12.3. The molecule has 5 heteroatoms. The fourth-order valence-corrected chi connectivity index (χ4v) is 1.76. The van der Waals surface area contributed by atoms with Crippen LogP contribution in [0.2, 0.25) is 0 Å². The zero-order chi connectivity index (χ0) is 13.0.